The molecule has 1 fully saturated rings. The van der Waals surface area contributed by atoms with Crippen molar-refractivity contribution in [1.82, 2.24) is 10.2 Å². The highest BCUT2D eigenvalue weighted by Gasteiger charge is 2.39. The van der Waals surface area contributed by atoms with Gasteiger partial charge < -0.3 is 35.1 Å². The van der Waals surface area contributed by atoms with Crippen LogP contribution in [-0.4, -0.2) is 61.8 Å². The van der Waals surface area contributed by atoms with Crippen molar-refractivity contribution in [2.45, 2.75) is 44.1 Å². The van der Waals surface area contributed by atoms with Crippen molar-refractivity contribution in [2.24, 2.45) is 0 Å². The third kappa shape index (κ3) is 7.03. The number of benzene rings is 3. The number of nitrogens with zero attached hydrogens (tertiary/aromatic N) is 1. The average Bonchev–Trinajstić information content (AvgIpc) is 3.00. The number of para-hydroxylation sites is 1. The third-order valence-electron chi connectivity index (χ3n) is 7.53. The molecule has 3 aromatic carbocycles. The molecule has 0 aliphatic carbocycles. The lowest BCUT2D eigenvalue weighted by Crippen LogP contribution is -2.53. The molecule has 3 atom stereocenters. The van der Waals surface area contributed by atoms with Crippen molar-refractivity contribution < 1.29 is 37.4 Å². The summed E-state index contributed by atoms with van der Waals surface area (Å²) in [4.78, 5) is 40.2. The van der Waals surface area contributed by atoms with E-state index < -0.39 is 23.8 Å². The number of methoxy groups -OCH3 is 1. The van der Waals surface area contributed by atoms with E-state index in [2.05, 4.69) is 16.0 Å². The fraction of sp³-hybridized carbons (Fsp3) is 0.323. The van der Waals surface area contributed by atoms with Gasteiger partial charge in [0.05, 0.1) is 31.2 Å². The topological polar surface area (TPSA) is 118 Å². The van der Waals surface area contributed by atoms with Crippen molar-refractivity contribution in [3.63, 3.8) is 0 Å². The number of urea groups is 1. The maximum Gasteiger partial charge on any atom is 0.323 e. The van der Waals surface area contributed by atoms with Crippen LogP contribution in [0.25, 0.3) is 0 Å². The lowest BCUT2D eigenvalue weighted by molar-refractivity contribution is -0.134. The van der Waals surface area contributed by atoms with Gasteiger partial charge in [-0.1, -0.05) is 18.2 Å². The molecular formula is C31H32F2N4O6. The van der Waals surface area contributed by atoms with Gasteiger partial charge in [0, 0.05) is 36.6 Å². The number of hydrogen-bond acceptors (Lipinski definition) is 6. The normalized spacial score (nSPS) is 19.6. The van der Waals surface area contributed by atoms with Crippen molar-refractivity contribution in [3.8, 4) is 11.5 Å². The number of nitrogens with one attached hydrogen (secondary N) is 3. The molecule has 3 N–H and O–H groups in total. The number of fused-ring (bicyclic) bond motifs is 2. The molecular weight excluding hydrogens is 562 g/mol. The van der Waals surface area contributed by atoms with Gasteiger partial charge in [-0.05, 0) is 49.2 Å². The summed E-state index contributed by atoms with van der Waals surface area (Å²) in [6.07, 6.45) is 0.602. The van der Waals surface area contributed by atoms with Gasteiger partial charge >= 0.3 is 6.03 Å². The number of carbonyl (C=O) groups is 3. The molecule has 0 aromatic heterocycles. The highest BCUT2D eigenvalue weighted by molar-refractivity contribution is 6.02. The Morgan fingerprint density at radius 3 is 2.51 bits per heavy atom. The first-order valence-corrected chi connectivity index (χ1v) is 13.8. The van der Waals surface area contributed by atoms with E-state index >= 15 is 0 Å². The zero-order chi connectivity index (χ0) is 30.5. The van der Waals surface area contributed by atoms with Crippen LogP contribution in [0.1, 0.15) is 35.2 Å². The second-order valence-electron chi connectivity index (χ2n) is 10.4. The van der Waals surface area contributed by atoms with Gasteiger partial charge in [0.25, 0.3) is 5.91 Å². The summed E-state index contributed by atoms with van der Waals surface area (Å²) in [5.74, 6) is -1.56. The first-order valence-electron chi connectivity index (χ1n) is 13.8. The second-order valence-corrected chi connectivity index (χ2v) is 10.4. The van der Waals surface area contributed by atoms with E-state index in [4.69, 9.17) is 14.2 Å². The fourth-order valence-corrected chi connectivity index (χ4v) is 5.29. The Balaban J connectivity index is 1.19. The van der Waals surface area contributed by atoms with Gasteiger partial charge in [-0.3, -0.25) is 9.59 Å². The molecule has 3 aromatic rings. The molecule has 5 rings (SSSR count). The Kier molecular flexibility index (Phi) is 9.05. The van der Waals surface area contributed by atoms with Crippen LogP contribution in [0.2, 0.25) is 0 Å². The van der Waals surface area contributed by atoms with Crippen molar-refractivity contribution in [2.75, 3.05) is 31.4 Å². The number of rotatable bonds is 7. The first kappa shape index (κ1) is 29.8. The molecule has 1 saturated heterocycles. The van der Waals surface area contributed by atoms with E-state index in [-0.39, 0.29) is 48.2 Å². The van der Waals surface area contributed by atoms with Crippen molar-refractivity contribution in [3.05, 3.63) is 83.4 Å². The minimum absolute atomic E-state index is 0.0670. The molecule has 0 bridgehead atoms. The summed E-state index contributed by atoms with van der Waals surface area (Å²) in [5, 5.41) is 7.93. The molecule has 0 saturated carbocycles. The minimum atomic E-state index is -1.09. The molecule has 10 nitrogen and oxygen atoms in total. The number of halogens is 2. The molecule has 2 aliphatic heterocycles. The summed E-state index contributed by atoms with van der Waals surface area (Å²) >= 11 is 0. The number of amides is 4. The predicted octanol–water partition coefficient (Wildman–Crippen LogP) is 4.70. The quantitative estimate of drug-likeness (QED) is 0.365. The molecule has 43 heavy (non-hydrogen) atoms. The summed E-state index contributed by atoms with van der Waals surface area (Å²) < 4.78 is 44.2. The summed E-state index contributed by atoms with van der Waals surface area (Å²) in [6, 6.07) is 14.1. The highest BCUT2D eigenvalue weighted by atomic mass is 19.2. The molecule has 12 heteroatoms. The smallest absolute Gasteiger partial charge is 0.323 e. The molecule has 0 spiro atoms. The number of carbonyl (C=O) groups excluding carboxylic acids is 3. The zero-order valence-corrected chi connectivity index (χ0v) is 23.7. The summed E-state index contributed by atoms with van der Waals surface area (Å²) in [7, 11) is 3.27. The van der Waals surface area contributed by atoms with Crippen LogP contribution in [0.4, 0.5) is 25.0 Å². The van der Waals surface area contributed by atoms with E-state index in [0.717, 1.165) is 17.7 Å². The summed E-state index contributed by atoms with van der Waals surface area (Å²) in [6.45, 7) is 0.500. The van der Waals surface area contributed by atoms with Gasteiger partial charge in [0.15, 0.2) is 11.6 Å². The average molecular weight is 595 g/mol. The standard InChI is InChI=1S/C31H32F2N4O6/c1-37-25-11-9-21(15-29(38)34-16-18-5-3-4-6-26(18)41-2)43-28(25)17-42-27-12-8-19(13-22(27)30(37)39)35-31(40)36-20-7-10-23(32)24(33)14-20/h3-8,10,12-14,21,25,28H,9,11,15-17H2,1-2H3,(H,34,38)(H2,35,36,40)/t21-,25-,28+/m1/s1. The highest BCUT2D eigenvalue weighted by Crippen LogP contribution is 2.32. The largest absolute Gasteiger partial charge is 0.496 e. The van der Waals surface area contributed by atoms with Crippen LogP contribution in [-0.2, 0) is 16.1 Å². The first-order chi connectivity index (χ1) is 20.7. The lowest BCUT2D eigenvalue weighted by Gasteiger charge is -2.42. The Bertz CT molecular complexity index is 1520. The summed E-state index contributed by atoms with van der Waals surface area (Å²) in [5.41, 5.74) is 1.50. The lowest BCUT2D eigenvalue weighted by atomic mass is 9.94. The second kappa shape index (κ2) is 13.1. The molecule has 2 heterocycles. The molecule has 4 amide bonds. The SMILES string of the molecule is COc1ccccc1CNC(=O)C[C@H]1CC[C@@H]2[C@H](COc3ccc(NC(=O)Nc4ccc(F)c(F)c4)cc3C(=O)N2C)O1. The van der Waals surface area contributed by atoms with Gasteiger partial charge in [-0.15, -0.1) is 0 Å². The van der Waals surface area contributed by atoms with E-state index in [1.807, 2.05) is 24.3 Å². The predicted molar refractivity (Wildman–Crippen MR) is 154 cm³/mol. The van der Waals surface area contributed by atoms with Crippen molar-refractivity contribution >= 4 is 29.2 Å². The van der Waals surface area contributed by atoms with Gasteiger partial charge in [-0.25, -0.2) is 13.6 Å². The van der Waals surface area contributed by atoms with Gasteiger partial charge in [0.1, 0.15) is 24.2 Å². The van der Waals surface area contributed by atoms with Crippen LogP contribution in [0.5, 0.6) is 11.5 Å². The van der Waals surface area contributed by atoms with Gasteiger partial charge in [0.2, 0.25) is 5.91 Å². The minimum Gasteiger partial charge on any atom is -0.496 e. The monoisotopic (exact) mass is 594 g/mol. The van der Waals surface area contributed by atoms with Gasteiger partial charge in [-0.2, -0.15) is 0 Å². The number of anilines is 2. The van der Waals surface area contributed by atoms with Crippen LogP contribution in [0, 0.1) is 11.6 Å². The van der Waals surface area contributed by atoms with E-state index in [1.165, 1.54) is 12.1 Å². The van der Waals surface area contributed by atoms with E-state index in [1.54, 1.807) is 31.2 Å². The number of ether oxygens (including phenoxy) is 3. The maximum atomic E-state index is 13.5. The molecule has 226 valence electrons. The van der Waals surface area contributed by atoms with E-state index in [9.17, 15) is 23.2 Å². The zero-order valence-electron chi connectivity index (χ0n) is 23.7. The van der Waals surface area contributed by atoms with Crippen LogP contribution in [0.3, 0.4) is 0 Å². The molecule has 2 aliphatic rings. The Morgan fingerprint density at radius 1 is 1.00 bits per heavy atom. The van der Waals surface area contributed by atoms with Crippen LogP contribution < -0.4 is 25.4 Å². The van der Waals surface area contributed by atoms with Crippen molar-refractivity contribution in [1.29, 1.82) is 0 Å². The fourth-order valence-electron chi connectivity index (χ4n) is 5.29. The number of likely N-dealkylation sites (N-methyl/N-ethyl adjacent to an activating group) is 1. The Morgan fingerprint density at radius 2 is 1.74 bits per heavy atom. The van der Waals surface area contributed by atoms with Crippen LogP contribution >= 0.6 is 0 Å². The molecule has 0 radical (unpaired) electrons. The Labute approximate surface area is 247 Å². The molecule has 0 unspecified atom stereocenters. The Hall–Kier alpha value is -4.71. The van der Waals surface area contributed by atoms with E-state index in [0.29, 0.717) is 36.6 Å². The number of hydrogen-bond donors (Lipinski definition) is 3. The maximum absolute atomic E-state index is 13.5. The third-order valence-corrected chi connectivity index (χ3v) is 7.53. The van der Waals surface area contributed by atoms with Crippen LogP contribution in [0.15, 0.2) is 60.7 Å².